The molecule has 3 amide bonds. The molecule has 0 atom stereocenters. The molecule has 1 saturated heterocycles. The molecular formula is C19H21N3O4. The summed E-state index contributed by atoms with van der Waals surface area (Å²) in [6, 6.07) is 12.1. The Labute approximate surface area is 151 Å². The van der Waals surface area contributed by atoms with E-state index in [0.29, 0.717) is 42.4 Å². The number of carbonyl (C=O) groups excluding carboxylic acids is 2. The summed E-state index contributed by atoms with van der Waals surface area (Å²) in [4.78, 5) is 26.0. The standard InChI is InChI=1S/C19H21N3O4/c1-3-26-16-8-7-13(11-17(16)25-2)18(23)21-14-5-4-6-15(12-14)22-10-9-20-19(22)24/h4-8,11-12H,3,9-10H2,1-2H3,(H,20,24)(H,21,23). The van der Waals surface area contributed by atoms with Crippen molar-refractivity contribution in [1.82, 2.24) is 5.32 Å². The molecular weight excluding hydrogens is 334 g/mol. The molecule has 2 N–H and O–H groups in total. The highest BCUT2D eigenvalue weighted by atomic mass is 16.5. The van der Waals surface area contributed by atoms with Gasteiger partial charge in [0.25, 0.3) is 5.91 Å². The van der Waals surface area contributed by atoms with Crippen LogP contribution in [0.5, 0.6) is 11.5 Å². The van der Waals surface area contributed by atoms with E-state index in [1.165, 1.54) is 7.11 Å². The highest BCUT2D eigenvalue weighted by Gasteiger charge is 2.21. The zero-order chi connectivity index (χ0) is 18.5. The summed E-state index contributed by atoms with van der Waals surface area (Å²) < 4.78 is 10.7. The van der Waals surface area contributed by atoms with Gasteiger partial charge >= 0.3 is 6.03 Å². The maximum atomic E-state index is 12.5. The van der Waals surface area contributed by atoms with Gasteiger partial charge in [0.1, 0.15) is 0 Å². The van der Waals surface area contributed by atoms with Crippen molar-refractivity contribution in [1.29, 1.82) is 0 Å². The summed E-state index contributed by atoms with van der Waals surface area (Å²) in [5.41, 5.74) is 1.80. The summed E-state index contributed by atoms with van der Waals surface area (Å²) in [7, 11) is 1.53. The predicted octanol–water partition coefficient (Wildman–Crippen LogP) is 2.88. The average molecular weight is 355 g/mol. The summed E-state index contributed by atoms with van der Waals surface area (Å²) in [6.45, 7) is 3.61. The Balaban J connectivity index is 1.77. The fourth-order valence-electron chi connectivity index (χ4n) is 2.76. The second kappa shape index (κ2) is 7.77. The van der Waals surface area contributed by atoms with E-state index in [2.05, 4.69) is 10.6 Å². The highest BCUT2D eigenvalue weighted by Crippen LogP contribution is 2.28. The minimum absolute atomic E-state index is 0.135. The van der Waals surface area contributed by atoms with Crippen molar-refractivity contribution >= 4 is 23.3 Å². The third-order valence-electron chi connectivity index (χ3n) is 4.00. The molecule has 7 nitrogen and oxygen atoms in total. The number of amides is 3. The monoisotopic (exact) mass is 355 g/mol. The van der Waals surface area contributed by atoms with E-state index in [1.807, 2.05) is 13.0 Å². The quantitative estimate of drug-likeness (QED) is 0.835. The van der Waals surface area contributed by atoms with Crippen molar-refractivity contribution < 1.29 is 19.1 Å². The number of hydrogen-bond acceptors (Lipinski definition) is 4. The third kappa shape index (κ3) is 3.72. The zero-order valence-electron chi connectivity index (χ0n) is 14.7. The molecule has 7 heteroatoms. The van der Waals surface area contributed by atoms with Crippen LogP contribution in [0.1, 0.15) is 17.3 Å². The smallest absolute Gasteiger partial charge is 0.321 e. The molecule has 136 valence electrons. The van der Waals surface area contributed by atoms with Crippen LogP contribution >= 0.6 is 0 Å². The molecule has 0 spiro atoms. The number of nitrogens with zero attached hydrogens (tertiary/aromatic N) is 1. The van der Waals surface area contributed by atoms with E-state index in [9.17, 15) is 9.59 Å². The van der Waals surface area contributed by atoms with Crippen molar-refractivity contribution in [2.75, 3.05) is 37.0 Å². The van der Waals surface area contributed by atoms with Crippen LogP contribution in [0.4, 0.5) is 16.2 Å². The number of anilines is 2. The number of methoxy groups -OCH3 is 1. The van der Waals surface area contributed by atoms with E-state index < -0.39 is 0 Å². The summed E-state index contributed by atoms with van der Waals surface area (Å²) in [5.74, 6) is 0.824. The van der Waals surface area contributed by atoms with Crippen LogP contribution in [0.25, 0.3) is 0 Å². The van der Waals surface area contributed by atoms with E-state index in [4.69, 9.17) is 9.47 Å². The van der Waals surface area contributed by atoms with Gasteiger partial charge in [0.2, 0.25) is 0 Å². The Morgan fingerprint density at radius 3 is 2.77 bits per heavy atom. The number of ether oxygens (including phenoxy) is 2. The number of hydrogen-bond donors (Lipinski definition) is 2. The molecule has 0 aromatic heterocycles. The summed E-state index contributed by atoms with van der Waals surface area (Å²) >= 11 is 0. The molecule has 1 heterocycles. The fraction of sp³-hybridized carbons (Fsp3) is 0.263. The highest BCUT2D eigenvalue weighted by molar-refractivity contribution is 6.05. The van der Waals surface area contributed by atoms with E-state index in [-0.39, 0.29) is 11.9 Å². The number of urea groups is 1. The van der Waals surface area contributed by atoms with E-state index in [1.54, 1.807) is 41.3 Å². The van der Waals surface area contributed by atoms with Gasteiger partial charge in [-0.1, -0.05) is 6.07 Å². The summed E-state index contributed by atoms with van der Waals surface area (Å²) in [5, 5.41) is 5.60. The van der Waals surface area contributed by atoms with Crippen LogP contribution in [-0.4, -0.2) is 38.7 Å². The molecule has 26 heavy (non-hydrogen) atoms. The number of rotatable bonds is 6. The Morgan fingerprint density at radius 2 is 2.08 bits per heavy atom. The first kappa shape index (κ1) is 17.6. The topological polar surface area (TPSA) is 79.9 Å². The fourth-order valence-corrected chi connectivity index (χ4v) is 2.76. The van der Waals surface area contributed by atoms with Gasteiger partial charge in [0, 0.05) is 30.0 Å². The molecule has 0 unspecified atom stereocenters. The third-order valence-corrected chi connectivity index (χ3v) is 4.00. The van der Waals surface area contributed by atoms with Gasteiger partial charge in [-0.05, 0) is 43.3 Å². The molecule has 0 saturated carbocycles. The van der Waals surface area contributed by atoms with Gasteiger partial charge in [-0.2, -0.15) is 0 Å². The van der Waals surface area contributed by atoms with Crippen LogP contribution in [0.2, 0.25) is 0 Å². The SMILES string of the molecule is CCOc1ccc(C(=O)Nc2cccc(N3CCNC3=O)c2)cc1OC. The van der Waals surface area contributed by atoms with Gasteiger partial charge in [0.05, 0.1) is 13.7 Å². The lowest BCUT2D eigenvalue weighted by Crippen LogP contribution is -2.27. The Hall–Kier alpha value is -3.22. The molecule has 0 radical (unpaired) electrons. The molecule has 3 rings (SSSR count). The van der Waals surface area contributed by atoms with Crippen LogP contribution in [0, 0.1) is 0 Å². The molecule has 0 aliphatic carbocycles. The Kier molecular flexibility index (Phi) is 5.26. The van der Waals surface area contributed by atoms with Crippen molar-refractivity contribution in [2.24, 2.45) is 0 Å². The molecule has 1 fully saturated rings. The zero-order valence-corrected chi connectivity index (χ0v) is 14.7. The lowest BCUT2D eigenvalue weighted by Gasteiger charge is -2.16. The lowest BCUT2D eigenvalue weighted by molar-refractivity contribution is 0.102. The number of benzene rings is 2. The maximum Gasteiger partial charge on any atom is 0.321 e. The number of nitrogens with one attached hydrogen (secondary N) is 2. The van der Waals surface area contributed by atoms with Crippen molar-refractivity contribution in [3.8, 4) is 11.5 Å². The molecule has 1 aliphatic rings. The molecule has 2 aromatic carbocycles. The van der Waals surface area contributed by atoms with Gasteiger partial charge in [-0.15, -0.1) is 0 Å². The van der Waals surface area contributed by atoms with E-state index in [0.717, 1.165) is 5.69 Å². The lowest BCUT2D eigenvalue weighted by atomic mass is 10.1. The number of carbonyl (C=O) groups is 2. The normalized spacial score (nSPS) is 13.3. The van der Waals surface area contributed by atoms with Gasteiger partial charge < -0.3 is 20.1 Å². The first-order valence-corrected chi connectivity index (χ1v) is 8.40. The van der Waals surface area contributed by atoms with Crippen molar-refractivity contribution in [2.45, 2.75) is 6.92 Å². The molecule has 2 aromatic rings. The minimum Gasteiger partial charge on any atom is -0.493 e. The van der Waals surface area contributed by atoms with Gasteiger partial charge in [-0.25, -0.2) is 4.79 Å². The maximum absolute atomic E-state index is 12.5. The van der Waals surface area contributed by atoms with Gasteiger partial charge in [-0.3, -0.25) is 9.69 Å². The second-order valence-corrected chi connectivity index (χ2v) is 5.69. The van der Waals surface area contributed by atoms with Gasteiger partial charge in [0.15, 0.2) is 11.5 Å². The first-order valence-electron chi connectivity index (χ1n) is 8.40. The second-order valence-electron chi connectivity index (χ2n) is 5.69. The van der Waals surface area contributed by atoms with Crippen LogP contribution < -0.4 is 25.0 Å². The largest absolute Gasteiger partial charge is 0.493 e. The molecule has 0 bridgehead atoms. The summed E-state index contributed by atoms with van der Waals surface area (Å²) in [6.07, 6.45) is 0. The van der Waals surface area contributed by atoms with Crippen LogP contribution in [0.3, 0.4) is 0 Å². The van der Waals surface area contributed by atoms with E-state index >= 15 is 0 Å². The Morgan fingerprint density at radius 1 is 1.23 bits per heavy atom. The Bertz CT molecular complexity index is 822. The van der Waals surface area contributed by atoms with Crippen molar-refractivity contribution in [3.63, 3.8) is 0 Å². The predicted molar refractivity (Wildman–Crippen MR) is 99.3 cm³/mol. The van der Waals surface area contributed by atoms with Crippen LogP contribution in [-0.2, 0) is 0 Å². The van der Waals surface area contributed by atoms with Crippen LogP contribution in [0.15, 0.2) is 42.5 Å². The molecule has 1 aliphatic heterocycles. The minimum atomic E-state index is -0.269. The van der Waals surface area contributed by atoms with Crippen molar-refractivity contribution in [3.05, 3.63) is 48.0 Å². The average Bonchev–Trinajstić information content (AvgIpc) is 3.08. The first-order chi connectivity index (χ1) is 12.6.